The number of carbonyl (C=O) groups excluding carboxylic acids is 3. The molecule has 2 saturated heterocycles. The molecule has 0 radical (unpaired) electrons. The summed E-state index contributed by atoms with van der Waals surface area (Å²) >= 11 is 1.62. The molecule has 4 amide bonds. The first-order valence-electron chi connectivity index (χ1n) is 13.8. The Hall–Kier alpha value is -3.00. The molecule has 2 atom stereocenters. The molecule has 3 aliphatic heterocycles. The molecule has 5 rings (SSSR count). The maximum absolute atomic E-state index is 13.5. The lowest BCUT2D eigenvalue weighted by Crippen LogP contribution is -2.51. The van der Waals surface area contributed by atoms with Crippen LogP contribution >= 0.6 is 11.8 Å². The Kier molecular flexibility index (Phi) is 7.98. The molecule has 0 spiro atoms. The highest BCUT2D eigenvalue weighted by Gasteiger charge is 2.43. The van der Waals surface area contributed by atoms with Gasteiger partial charge in [0.05, 0.1) is 5.25 Å². The van der Waals surface area contributed by atoms with E-state index in [2.05, 4.69) is 38.2 Å². The predicted molar refractivity (Wildman–Crippen MR) is 152 cm³/mol. The summed E-state index contributed by atoms with van der Waals surface area (Å²) in [5.74, 6) is 0.621. The smallest absolute Gasteiger partial charge is 0.322 e. The van der Waals surface area contributed by atoms with Crippen LogP contribution in [0.5, 0.6) is 0 Å². The zero-order valence-corrected chi connectivity index (χ0v) is 23.4. The molecule has 2 aromatic rings. The monoisotopic (exact) mass is 534 g/mol. The van der Waals surface area contributed by atoms with Crippen LogP contribution in [0.1, 0.15) is 61.6 Å². The van der Waals surface area contributed by atoms with Crippen molar-refractivity contribution in [2.75, 3.05) is 25.0 Å². The Morgan fingerprint density at radius 3 is 2.50 bits per heavy atom. The van der Waals surface area contributed by atoms with E-state index in [0.29, 0.717) is 32.1 Å². The van der Waals surface area contributed by atoms with Gasteiger partial charge >= 0.3 is 6.03 Å². The zero-order valence-electron chi connectivity index (χ0n) is 22.6. The van der Waals surface area contributed by atoms with E-state index >= 15 is 0 Å². The van der Waals surface area contributed by atoms with Crippen LogP contribution in [0.4, 0.5) is 10.5 Å². The Morgan fingerprint density at radius 1 is 1.05 bits per heavy atom. The van der Waals surface area contributed by atoms with Gasteiger partial charge in [0.2, 0.25) is 11.8 Å². The van der Waals surface area contributed by atoms with Gasteiger partial charge in [-0.2, -0.15) is 0 Å². The van der Waals surface area contributed by atoms with Crippen molar-refractivity contribution in [1.82, 2.24) is 14.7 Å². The minimum absolute atomic E-state index is 0.0389. The molecule has 2 aromatic carbocycles. The number of aryl methyl sites for hydroxylation is 1. The van der Waals surface area contributed by atoms with Gasteiger partial charge in [0.15, 0.2) is 0 Å². The van der Waals surface area contributed by atoms with Crippen molar-refractivity contribution in [3.05, 3.63) is 65.2 Å². The lowest BCUT2D eigenvalue weighted by atomic mass is 10.0. The third-order valence-corrected chi connectivity index (χ3v) is 9.48. The van der Waals surface area contributed by atoms with Crippen LogP contribution in [0.3, 0.4) is 0 Å². The van der Waals surface area contributed by atoms with E-state index in [1.807, 2.05) is 51.1 Å². The van der Waals surface area contributed by atoms with Gasteiger partial charge in [0.25, 0.3) is 0 Å². The fourth-order valence-corrected chi connectivity index (χ4v) is 7.25. The van der Waals surface area contributed by atoms with Crippen LogP contribution in [-0.4, -0.2) is 63.5 Å². The molecule has 3 heterocycles. The van der Waals surface area contributed by atoms with Crippen molar-refractivity contribution in [1.29, 1.82) is 0 Å². The van der Waals surface area contributed by atoms with Crippen LogP contribution in [0, 0.1) is 12.8 Å². The number of urea groups is 1. The maximum atomic E-state index is 13.5. The summed E-state index contributed by atoms with van der Waals surface area (Å²) in [4.78, 5) is 45.4. The minimum atomic E-state index is -0.360. The van der Waals surface area contributed by atoms with Gasteiger partial charge in [-0.25, -0.2) is 4.79 Å². The number of amides is 4. The normalized spacial score (nSPS) is 22.2. The molecule has 8 heteroatoms. The van der Waals surface area contributed by atoms with Crippen molar-refractivity contribution >= 4 is 35.3 Å². The van der Waals surface area contributed by atoms with Crippen LogP contribution in [0.2, 0.25) is 0 Å². The molecule has 2 unspecified atom stereocenters. The van der Waals surface area contributed by atoms with Gasteiger partial charge in [0, 0.05) is 44.3 Å². The number of carbonyl (C=O) groups is 3. The first-order valence-corrected chi connectivity index (χ1v) is 14.7. The molecule has 2 fully saturated rings. The van der Waals surface area contributed by atoms with E-state index < -0.39 is 0 Å². The number of nitrogens with zero attached hydrogens (tertiary/aromatic N) is 3. The van der Waals surface area contributed by atoms with E-state index in [0.717, 1.165) is 36.1 Å². The molecule has 7 nitrogen and oxygen atoms in total. The number of benzene rings is 2. The lowest BCUT2D eigenvalue weighted by Gasteiger charge is -2.40. The van der Waals surface area contributed by atoms with Crippen molar-refractivity contribution < 1.29 is 14.4 Å². The van der Waals surface area contributed by atoms with Crippen molar-refractivity contribution in [2.45, 2.75) is 69.7 Å². The molecule has 202 valence electrons. The standard InChI is InChI=1S/C30H38N4O3S/c1-20(2)12-17-33-28(36)26(38-29(33)24-10-6-4-8-21(24)3)18-27(35)32-15-13-23(14-16-32)34-19-22-9-5-7-11-25(22)31-30(34)37/h4-11,20,23,26,29H,12-19H2,1-3H3,(H,31,37). The fourth-order valence-electron chi connectivity index (χ4n) is 5.69. The molecule has 1 N–H and O–H groups in total. The number of likely N-dealkylation sites (tertiary alicyclic amines) is 1. The van der Waals surface area contributed by atoms with Gasteiger partial charge in [-0.1, -0.05) is 56.3 Å². The second kappa shape index (κ2) is 11.4. The average Bonchev–Trinajstić information content (AvgIpc) is 3.21. The van der Waals surface area contributed by atoms with Crippen LogP contribution in [0.25, 0.3) is 0 Å². The van der Waals surface area contributed by atoms with Gasteiger partial charge in [0.1, 0.15) is 5.37 Å². The number of fused-ring (bicyclic) bond motifs is 1. The minimum Gasteiger partial charge on any atom is -0.342 e. The Labute approximate surface area is 229 Å². The second-order valence-corrected chi connectivity index (χ2v) is 12.4. The molecular weight excluding hydrogens is 496 g/mol. The van der Waals surface area contributed by atoms with Crippen molar-refractivity contribution in [3.8, 4) is 0 Å². The summed E-state index contributed by atoms with van der Waals surface area (Å²) in [6, 6.07) is 16.2. The Morgan fingerprint density at radius 2 is 1.76 bits per heavy atom. The Bertz CT molecular complexity index is 1190. The summed E-state index contributed by atoms with van der Waals surface area (Å²) in [6.45, 7) is 8.96. The van der Waals surface area contributed by atoms with Crippen molar-refractivity contribution in [3.63, 3.8) is 0 Å². The highest BCUT2D eigenvalue weighted by Crippen LogP contribution is 2.45. The SMILES string of the molecule is Cc1ccccc1C1SC(CC(=O)N2CCC(N3Cc4ccccc4NC3=O)CC2)C(=O)N1CCC(C)C. The molecule has 0 bridgehead atoms. The molecular formula is C30H38N4O3S. The number of piperidine rings is 1. The molecule has 3 aliphatic rings. The first-order chi connectivity index (χ1) is 18.3. The largest absolute Gasteiger partial charge is 0.342 e. The number of hydrogen-bond donors (Lipinski definition) is 1. The van der Waals surface area contributed by atoms with Gasteiger partial charge in [-0.05, 0) is 54.9 Å². The summed E-state index contributed by atoms with van der Waals surface area (Å²) in [5.41, 5.74) is 4.33. The van der Waals surface area contributed by atoms with Crippen LogP contribution in [0.15, 0.2) is 48.5 Å². The Balaban J connectivity index is 1.20. The van der Waals surface area contributed by atoms with E-state index in [1.165, 1.54) is 5.56 Å². The number of nitrogens with one attached hydrogen (secondary N) is 1. The summed E-state index contributed by atoms with van der Waals surface area (Å²) in [6.07, 6.45) is 2.67. The van der Waals surface area contributed by atoms with E-state index in [9.17, 15) is 14.4 Å². The van der Waals surface area contributed by atoms with E-state index in [1.54, 1.807) is 11.8 Å². The van der Waals surface area contributed by atoms with Gasteiger partial charge < -0.3 is 20.0 Å². The first kappa shape index (κ1) is 26.6. The average molecular weight is 535 g/mol. The summed E-state index contributed by atoms with van der Waals surface area (Å²) in [5, 5.41) is 2.59. The van der Waals surface area contributed by atoms with Crippen molar-refractivity contribution in [2.24, 2.45) is 5.92 Å². The number of hydrogen-bond acceptors (Lipinski definition) is 4. The lowest BCUT2D eigenvalue weighted by molar-refractivity contribution is -0.137. The quantitative estimate of drug-likeness (QED) is 0.515. The van der Waals surface area contributed by atoms with E-state index in [-0.39, 0.29) is 40.9 Å². The molecule has 0 aromatic heterocycles. The topological polar surface area (TPSA) is 73.0 Å². The molecule has 38 heavy (non-hydrogen) atoms. The summed E-state index contributed by atoms with van der Waals surface area (Å²) < 4.78 is 0. The highest BCUT2D eigenvalue weighted by atomic mass is 32.2. The highest BCUT2D eigenvalue weighted by molar-refractivity contribution is 8.01. The van der Waals surface area contributed by atoms with E-state index in [4.69, 9.17) is 0 Å². The van der Waals surface area contributed by atoms with Crippen LogP contribution in [-0.2, 0) is 16.1 Å². The number of para-hydroxylation sites is 1. The number of anilines is 1. The van der Waals surface area contributed by atoms with Gasteiger partial charge in [-0.15, -0.1) is 11.8 Å². The number of thioether (sulfide) groups is 1. The summed E-state index contributed by atoms with van der Waals surface area (Å²) in [7, 11) is 0. The third-order valence-electron chi connectivity index (χ3n) is 8.02. The number of rotatable bonds is 7. The zero-order chi connectivity index (χ0) is 26.8. The second-order valence-electron chi connectivity index (χ2n) is 11.1. The molecule has 0 saturated carbocycles. The molecule has 0 aliphatic carbocycles. The third kappa shape index (κ3) is 5.55. The van der Waals surface area contributed by atoms with Gasteiger partial charge in [-0.3, -0.25) is 9.59 Å². The predicted octanol–water partition coefficient (Wildman–Crippen LogP) is 5.41. The fraction of sp³-hybridized carbons (Fsp3) is 0.500. The van der Waals surface area contributed by atoms with Crippen LogP contribution < -0.4 is 5.32 Å². The maximum Gasteiger partial charge on any atom is 0.322 e.